The van der Waals surface area contributed by atoms with Gasteiger partial charge < -0.3 is 4.74 Å². The third kappa shape index (κ3) is 3.27. The molecule has 0 spiro atoms. The van der Waals surface area contributed by atoms with Gasteiger partial charge in [0.15, 0.2) is 0 Å². The Morgan fingerprint density at radius 3 is 2.56 bits per heavy atom. The topological polar surface area (TPSA) is 77.3 Å². The van der Waals surface area contributed by atoms with E-state index in [9.17, 15) is 8.42 Å². The summed E-state index contributed by atoms with van der Waals surface area (Å²) in [7, 11) is -1.77. The summed E-state index contributed by atoms with van der Waals surface area (Å²) in [4.78, 5) is 4.63. The zero-order valence-corrected chi connectivity index (χ0v) is 19.0. The SMILES string of the molecule is COc1ccccc1-n1nc2c(c1-c1cnc3ccccc3c1)CN(S(=O)(=O)C(C)C)C2. The van der Waals surface area contributed by atoms with E-state index in [1.54, 1.807) is 21.0 Å². The Labute approximate surface area is 187 Å². The van der Waals surface area contributed by atoms with E-state index in [-0.39, 0.29) is 13.1 Å². The highest BCUT2D eigenvalue weighted by atomic mass is 32.2. The van der Waals surface area contributed by atoms with Crippen molar-refractivity contribution in [3.8, 4) is 22.7 Å². The molecule has 0 saturated heterocycles. The van der Waals surface area contributed by atoms with Crippen LogP contribution in [0.4, 0.5) is 0 Å². The Balaban J connectivity index is 1.72. The van der Waals surface area contributed by atoms with E-state index in [0.29, 0.717) is 5.75 Å². The first kappa shape index (κ1) is 20.7. The lowest BCUT2D eigenvalue weighted by Crippen LogP contribution is -2.32. The molecule has 164 valence electrons. The Bertz CT molecular complexity index is 1430. The van der Waals surface area contributed by atoms with Crippen molar-refractivity contribution in [2.75, 3.05) is 7.11 Å². The molecule has 8 heteroatoms. The summed E-state index contributed by atoms with van der Waals surface area (Å²) < 4.78 is 34.6. The van der Waals surface area contributed by atoms with Crippen molar-refractivity contribution >= 4 is 20.9 Å². The lowest BCUT2D eigenvalue weighted by molar-refractivity contribution is 0.409. The molecule has 0 amide bonds. The lowest BCUT2D eigenvalue weighted by Gasteiger charge is -2.20. The average molecular weight is 449 g/mol. The number of hydrogen-bond acceptors (Lipinski definition) is 5. The number of sulfonamides is 1. The number of para-hydroxylation sites is 3. The highest BCUT2D eigenvalue weighted by Gasteiger charge is 2.36. The molecule has 3 heterocycles. The molecule has 0 fully saturated rings. The van der Waals surface area contributed by atoms with Crippen LogP contribution in [-0.2, 0) is 23.1 Å². The molecule has 0 radical (unpaired) electrons. The van der Waals surface area contributed by atoms with Crippen molar-refractivity contribution in [2.45, 2.75) is 32.2 Å². The fourth-order valence-electron chi connectivity index (χ4n) is 4.14. The molecular formula is C24H24N4O3S. The molecule has 0 N–H and O–H groups in total. The van der Waals surface area contributed by atoms with Crippen LogP contribution < -0.4 is 4.74 Å². The smallest absolute Gasteiger partial charge is 0.217 e. The van der Waals surface area contributed by atoms with Gasteiger partial charge in [-0.1, -0.05) is 30.3 Å². The minimum absolute atomic E-state index is 0.256. The summed E-state index contributed by atoms with van der Waals surface area (Å²) in [5.74, 6) is 0.690. The molecule has 0 unspecified atom stereocenters. The summed E-state index contributed by atoms with van der Waals surface area (Å²) in [5.41, 5.74) is 5.07. The maximum atomic E-state index is 12.8. The van der Waals surface area contributed by atoms with Crippen LogP contribution in [0.1, 0.15) is 25.1 Å². The Morgan fingerprint density at radius 1 is 1.03 bits per heavy atom. The number of fused-ring (bicyclic) bond motifs is 2. The molecule has 0 atom stereocenters. The van der Waals surface area contributed by atoms with E-state index in [1.807, 2.05) is 59.4 Å². The number of aromatic nitrogens is 3. The van der Waals surface area contributed by atoms with Crippen LogP contribution in [0.5, 0.6) is 5.75 Å². The molecule has 1 aliphatic rings. The van der Waals surface area contributed by atoms with Crippen LogP contribution in [0.15, 0.2) is 60.8 Å². The standard InChI is InChI=1S/C24H24N4O3S/c1-16(2)32(29,30)27-14-19-21(15-27)26-28(22-10-6-7-11-23(22)31-3)24(19)18-12-17-8-4-5-9-20(17)25-13-18/h4-13,16H,14-15H2,1-3H3. The molecular weight excluding hydrogens is 424 g/mol. The van der Waals surface area contributed by atoms with Gasteiger partial charge in [0.25, 0.3) is 0 Å². The molecule has 1 aliphatic heterocycles. The fraction of sp³-hybridized carbons (Fsp3) is 0.250. The second kappa shape index (κ2) is 7.72. The zero-order valence-electron chi connectivity index (χ0n) is 18.2. The van der Waals surface area contributed by atoms with Crippen LogP contribution in [0.3, 0.4) is 0 Å². The first-order valence-electron chi connectivity index (χ1n) is 10.5. The van der Waals surface area contributed by atoms with Crippen molar-refractivity contribution in [1.29, 1.82) is 0 Å². The summed E-state index contributed by atoms with van der Waals surface area (Å²) >= 11 is 0. The van der Waals surface area contributed by atoms with Crippen LogP contribution in [0.25, 0.3) is 27.8 Å². The number of benzene rings is 2. The molecule has 5 rings (SSSR count). The van der Waals surface area contributed by atoms with E-state index in [4.69, 9.17) is 9.84 Å². The van der Waals surface area contributed by atoms with Gasteiger partial charge in [-0.3, -0.25) is 4.98 Å². The summed E-state index contributed by atoms with van der Waals surface area (Å²) in [6.07, 6.45) is 1.82. The van der Waals surface area contributed by atoms with Gasteiger partial charge in [-0.2, -0.15) is 9.40 Å². The van der Waals surface area contributed by atoms with E-state index < -0.39 is 15.3 Å². The highest BCUT2D eigenvalue weighted by Crippen LogP contribution is 2.38. The zero-order chi connectivity index (χ0) is 22.5. The van der Waals surface area contributed by atoms with Crippen LogP contribution >= 0.6 is 0 Å². The minimum Gasteiger partial charge on any atom is -0.494 e. The van der Waals surface area contributed by atoms with E-state index in [1.165, 1.54) is 4.31 Å². The van der Waals surface area contributed by atoms with Gasteiger partial charge >= 0.3 is 0 Å². The number of pyridine rings is 1. The second-order valence-corrected chi connectivity index (χ2v) is 10.6. The van der Waals surface area contributed by atoms with Crippen molar-refractivity contribution < 1.29 is 13.2 Å². The van der Waals surface area contributed by atoms with Crippen LogP contribution in [0, 0.1) is 0 Å². The summed E-state index contributed by atoms with van der Waals surface area (Å²) in [6, 6.07) is 17.7. The van der Waals surface area contributed by atoms with Crippen molar-refractivity contribution in [1.82, 2.24) is 19.1 Å². The van der Waals surface area contributed by atoms with Crippen molar-refractivity contribution in [3.05, 3.63) is 72.1 Å². The molecule has 2 aromatic carbocycles. The number of methoxy groups -OCH3 is 1. The van der Waals surface area contributed by atoms with Crippen molar-refractivity contribution in [3.63, 3.8) is 0 Å². The van der Waals surface area contributed by atoms with Gasteiger partial charge in [-0.05, 0) is 38.1 Å². The van der Waals surface area contributed by atoms with Gasteiger partial charge in [0, 0.05) is 29.3 Å². The Morgan fingerprint density at radius 2 is 1.78 bits per heavy atom. The number of rotatable bonds is 5. The van der Waals surface area contributed by atoms with E-state index in [2.05, 4.69) is 11.1 Å². The quantitative estimate of drug-likeness (QED) is 0.458. The predicted octanol–water partition coefficient (Wildman–Crippen LogP) is 4.15. The van der Waals surface area contributed by atoms with E-state index >= 15 is 0 Å². The van der Waals surface area contributed by atoms with Gasteiger partial charge in [-0.25, -0.2) is 13.1 Å². The highest BCUT2D eigenvalue weighted by molar-refractivity contribution is 7.89. The maximum Gasteiger partial charge on any atom is 0.217 e. The molecule has 2 aromatic heterocycles. The third-order valence-electron chi connectivity index (χ3n) is 5.86. The first-order chi connectivity index (χ1) is 15.4. The second-order valence-electron chi connectivity index (χ2n) is 8.14. The monoisotopic (exact) mass is 448 g/mol. The Kier molecular flexibility index (Phi) is 4.98. The number of hydrogen-bond donors (Lipinski definition) is 0. The first-order valence-corrected chi connectivity index (χ1v) is 12.0. The van der Waals surface area contributed by atoms with Gasteiger partial charge in [-0.15, -0.1) is 0 Å². The van der Waals surface area contributed by atoms with Gasteiger partial charge in [0.2, 0.25) is 10.0 Å². The normalized spacial score (nSPS) is 14.2. The molecule has 32 heavy (non-hydrogen) atoms. The average Bonchev–Trinajstić information content (AvgIpc) is 3.37. The van der Waals surface area contributed by atoms with E-state index in [0.717, 1.165) is 39.1 Å². The summed E-state index contributed by atoms with van der Waals surface area (Å²) in [6.45, 7) is 3.95. The Hall–Kier alpha value is -3.23. The molecule has 4 aromatic rings. The summed E-state index contributed by atoms with van der Waals surface area (Å²) in [5, 5.41) is 5.37. The number of nitrogens with zero attached hydrogens (tertiary/aromatic N) is 4. The maximum absolute atomic E-state index is 12.8. The van der Waals surface area contributed by atoms with Gasteiger partial charge in [0.05, 0.1) is 35.8 Å². The molecule has 0 aliphatic carbocycles. The predicted molar refractivity (Wildman–Crippen MR) is 124 cm³/mol. The third-order valence-corrected chi connectivity index (χ3v) is 8.03. The molecule has 0 saturated carbocycles. The lowest BCUT2D eigenvalue weighted by atomic mass is 10.1. The molecule has 7 nitrogen and oxygen atoms in total. The van der Waals surface area contributed by atoms with Crippen LogP contribution in [0.2, 0.25) is 0 Å². The molecule has 0 bridgehead atoms. The fourth-order valence-corrected chi connectivity index (χ4v) is 5.35. The minimum atomic E-state index is -3.39. The van der Waals surface area contributed by atoms with Crippen molar-refractivity contribution in [2.24, 2.45) is 0 Å². The van der Waals surface area contributed by atoms with Crippen LogP contribution in [-0.4, -0.2) is 39.8 Å². The van der Waals surface area contributed by atoms with Gasteiger partial charge in [0.1, 0.15) is 11.4 Å². The largest absolute Gasteiger partial charge is 0.494 e. The number of ether oxygens (including phenoxy) is 1.